The second-order valence-electron chi connectivity index (χ2n) is 5.81. The molecule has 0 spiro atoms. The largest absolute Gasteiger partial charge is 0.385 e. The topological polar surface area (TPSA) is 63.0 Å². The van der Waals surface area contributed by atoms with Gasteiger partial charge in [0.25, 0.3) is 5.91 Å². The highest BCUT2D eigenvalue weighted by molar-refractivity contribution is 5.76. The molecule has 1 amide bonds. The highest BCUT2D eigenvalue weighted by Gasteiger charge is 2.36. The van der Waals surface area contributed by atoms with Crippen LogP contribution in [0, 0.1) is 5.82 Å². The number of amides is 1. The normalized spacial score (nSPS) is 25.0. The number of rotatable bonds is 6. The van der Waals surface area contributed by atoms with Crippen LogP contribution in [0.2, 0.25) is 0 Å². The summed E-state index contributed by atoms with van der Waals surface area (Å²) < 4.78 is 17.9. The Balaban J connectivity index is 1.82. The Morgan fingerprint density at radius 2 is 2.00 bits per heavy atom. The number of methoxy groups -OCH3 is 1. The molecule has 0 saturated carbocycles. The maximum absolute atomic E-state index is 13.0. The quantitative estimate of drug-likeness (QED) is 0.618. The summed E-state index contributed by atoms with van der Waals surface area (Å²) in [6, 6.07) is 6.02. The van der Waals surface area contributed by atoms with Crippen molar-refractivity contribution in [1.29, 1.82) is 0 Å². The first-order valence-electron chi connectivity index (χ1n) is 7.61. The minimum atomic E-state index is -0.913. The molecule has 0 bridgehead atoms. The van der Waals surface area contributed by atoms with Crippen molar-refractivity contribution in [3.05, 3.63) is 35.6 Å². The van der Waals surface area contributed by atoms with E-state index in [4.69, 9.17) is 4.74 Å². The first kappa shape index (κ1) is 16.9. The van der Waals surface area contributed by atoms with E-state index in [2.05, 4.69) is 5.32 Å². The van der Waals surface area contributed by atoms with Gasteiger partial charge in [-0.25, -0.2) is 4.39 Å². The Morgan fingerprint density at radius 3 is 2.59 bits per heavy atom. The van der Waals surface area contributed by atoms with Gasteiger partial charge in [0.15, 0.2) is 6.54 Å². The van der Waals surface area contributed by atoms with Gasteiger partial charge in [-0.05, 0) is 17.7 Å². The van der Waals surface area contributed by atoms with Crippen LogP contribution in [0.3, 0.4) is 0 Å². The van der Waals surface area contributed by atoms with Gasteiger partial charge >= 0.3 is 0 Å². The van der Waals surface area contributed by atoms with Gasteiger partial charge in [-0.2, -0.15) is 0 Å². The third kappa shape index (κ3) is 4.50. The zero-order chi connectivity index (χ0) is 16.0. The molecule has 6 heteroatoms. The summed E-state index contributed by atoms with van der Waals surface area (Å²) >= 11 is 0. The van der Waals surface area contributed by atoms with E-state index < -0.39 is 5.60 Å². The highest BCUT2D eigenvalue weighted by Crippen LogP contribution is 2.29. The number of quaternary nitrogens is 1. The molecule has 0 aliphatic carbocycles. The highest BCUT2D eigenvalue weighted by atomic mass is 19.1. The van der Waals surface area contributed by atoms with E-state index in [0.717, 1.165) is 10.5 Å². The number of hydrogen-bond donors (Lipinski definition) is 3. The number of hydrogen-bond acceptors (Lipinski definition) is 3. The number of aliphatic hydroxyl groups is 1. The lowest BCUT2D eigenvalue weighted by atomic mass is 9.84. The van der Waals surface area contributed by atoms with E-state index in [9.17, 15) is 14.3 Å². The minimum Gasteiger partial charge on any atom is -0.385 e. The predicted octanol–water partition coefficient (Wildman–Crippen LogP) is -0.545. The molecule has 1 aliphatic heterocycles. The summed E-state index contributed by atoms with van der Waals surface area (Å²) in [5.41, 5.74) is -0.165. The summed E-state index contributed by atoms with van der Waals surface area (Å²) in [6.45, 7) is 2.86. The molecule has 22 heavy (non-hydrogen) atoms. The van der Waals surface area contributed by atoms with E-state index in [1.807, 2.05) is 0 Å². The Morgan fingerprint density at radius 1 is 1.36 bits per heavy atom. The molecular weight excluding hydrogens is 287 g/mol. The lowest BCUT2D eigenvalue weighted by Crippen LogP contribution is -3.14. The third-order valence-electron chi connectivity index (χ3n) is 4.20. The molecule has 0 aromatic heterocycles. The molecule has 3 N–H and O–H groups in total. The fourth-order valence-electron chi connectivity index (χ4n) is 2.82. The van der Waals surface area contributed by atoms with Gasteiger partial charge in [0.2, 0.25) is 0 Å². The predicted molar refractivity (Wildman–Crippen MR) is 80.0 cm³/mol. The van der Waals surface area contributed by atoms with Crippen molar-refractivity contribution in [1.82, 2.24) is 5.32 Å². The number of carbonyl (C=O) groups excluding carboxylic acids is 1. The van der Waals surface area contributed by atoms with Crippen molar-refractivity contribution in [2.45, 2.75) is 18.4 Å². The lowest BCUT2D eigenvalue weighted by molar-refractivity contribution is -0.900. The maximum Gasteiger partial charge on any atom is 0.275 e. The molecule has 1 heterocycles. The second-order valence-corrected chi connectivity index (χ2v) is 5.81. The molecular formula is C16H24FN2O3+. The molecule has 2 rings (SSSR count). The summed E-state index contributed by atoms with van der Waals surface area (Å²) in [6.07, 6.45) is 1.14. The van der Waals surface area contributed by atoms with Crippen molar-refractivity contribution in [2.75, 3.05) is 39.9 Å². The van der Waals surface area contributed by atoms with Gasteiger partial charge in [0.05, 0.1) is 19.7 Å². The first-order chi connectivity index (χ1) is 10.5. The van der Waals surface area contributed by atoms with Crippen LogP contribution in [0.25, 0.3) is 0 Å². The van der Waals surface area contributed by atoms with Crippen molar-refractivity contribution >= 4 is 5.91 Å². The lowest BCUT2D eigenvalue weighted by Gasteiger charge is -2.36. The smallest absolute Gasteiger partial charge is 0.275 e. The zero-order valence-electron chi connectivity index (χ0n) is 12.9. The van der Waals surface area contributed by atoms with Crippen molar-refractivity contribution in [2.24, 2.45) is 0 Å². The Hall–Kier alpha value is -1.50. The number of halogens is 1. The van der Waals surface area contributed by atoms with E-state index in [0.29, 0.717) is 45.6 Å². The fourth-order valence-corrected chi connectivity index (χ4v) is 2.82. The average Bonchev–Trinajstić information content (AvgIpc) is 2.51. The van der Waals surface area contributed by atoms with Crippen LogP contribution in [0.5, 0.6) is 0 Å². The maximum atomic E-state index is 13.0. The number of piperidine rings is 1. The number of benzene rings is 1. The van der Waals surface area contributed by atoms with Crippen LogP contribution >= 0.6 is 0 Å². The summed E-state index contributed by atoms with van der Waals surface area (Å²) in [5.74, 6) is -0.303. The van der Waals surface area contributed by atoms with Gasteiger partial charge in [-0.3, -0.25) is 4.79 Å². The molecule has 1 aromatic carbocycles. The molecule has 1 saturated heterocycles. The molecule has 1 aliphatic rings. The minimum absolute atomic E-state index is 0.000674. The SMILES string of the molecule is COCCNC(=O)C[NH+]1CCC(O)(c2ccc(F)cc2)CC1. The molecule has 0 unspecified atom stereocenters. The monoisotopic (exact) mass is 311 g/mol. The molecule has 122 valence electrons. The standard InChI is InChI=1S/C16H23FN2O3/c1-22-11-8-18-15(20)12-19-9-6-16(21,7-10-19)13-2-4-14(17)5-3-13/h2-5,21H,6-12H2,1H3,(H,18,20)/p+1. The molecule has 0 radical (unpaired) electrons. The van der Waals surface area contributed by atoms with Crippen LogP contribution in [-0.4, -0.2) is 50.9 Å². The van der Waals surface area contributed by atoms with Gasteiger partial charge in [-0.1, -0.05) is 12.1 Å². The van der Waals surface area contributed by atoms with Gasteiger partial charge in [0, 0.05) is 26.5 Å². The number of ether oxygens (including phenoxy) is 1. The first-order valence-corrected chi connectivity index (χ1v) is 7.61. The number of nitrogens with one attached hydrogen (secondary N) is 2. The molecule has 1 fully saturated rings. The Bertz CT molecular complexity index is 485. The Kier molecular flexibility index (Phi) is 5.88. The van der Waals surface area contributed by atoms with E-state index in [1.165, 1.54) is 12.1 Å². The zero-order valence-corrected chi connectivity index (χ0v) is 12.9. The van der Waals surface area contributed by atoms with Crippen LogP contribution in [-0.2, 0) is 15.1 Å². The molecule has 5 nitrogen and oxygen atoms in total. The molecule has 0 atom stereocenters. The third-order valence-corrected chi connectivity index (χ3v) is 4.20. The van der Waals surface area contributed by atoms with E-state index in [1.54, 1.807) is 19.2 Å². The molecule has 1 aromatic rings. The number of likely N-dealkylation sites (tertiary alicyclic amines) is 1. The van der Waals surface area contributed by atoms with Crippen LogP contribution < -0.4 is 10.2 Å². The van der Waals surface area contributed by atoms with E-state index in [-0.39, 0.29) is 11.7 Å². The van der Waals surface area contributed by atoms with Crippen molar-refractivity contribution < 1.29 is 23.9 Å². The van der Waals surface area contributed by atoms with Gasteiger partial charge in [0.1, 0.15) is 11.4 Å². The van der Waals surface area contributed by atoms with E-state index >= 15 is 0 Å². The average molecular weight is 311 g/mol. The van der Waals surface area contributed by atoms with Gasteiger partial charge in [-0.15, -0.1) is 0 Å². The van der Waals surface area contributed by atoms with Crippen molar-refractivity contribution in [3.8, 4) is 0 Å². The summed E-state index contributed by atoms with van der Waals surface area (Å²) in [7, 11) is 1.60. The Labute approximate surface area is 130 Å². The van der Waals surface area contributed by atoms with Gasteiger partial charge < -0.3 is 20.1 Å². The number of carbonyl (C=O) groups is 1. The summed E-state index contributed by atoms with van der Waals surface area (Å²) in [4.78, 5) is 12.9. The van der Waals surface area contributed by atoms with Crippen LogP contribution in [0.1, 0.15) is 18.4 Å². The fraction of sp³-hybridized carbons (Fsp3) is 0.562. The van der Waals surface area contributed by atoms with Crippen LogP contribution in [0.15, 0.2) is 24.3 Å². The second kappa shape index (κ2) is 7.67. The summed E-state index contributed by atoms with van der Waals surface area (Å²) in [5, 5.41) is 13.5. The van der Waals surface area contributed by atoms with Crippen LogP contribution in [0.4, 0.5) is 4.39 Å². The van der Waals surface area contributed by atoms with Crippen molar-refractivity contribution in [3.63, 3.8) is 0 Å².